The molecule has 1 aromatic heterocycles. The molecule has 90 valence electrons. The number of hydrogen-bond donors (Lipinski definition) is 1. The molecule has 1 aromatic carbocycles. The number of halogens is 1. The number of aromatic carboxylic acids is 1. The van der Waals surface area contributed by atoms with Gasteiger partial charge in [-0.15, -0.1) is 0 Å². The molecule has 2 rings (SSSR count). The Morgan fingerprint density at radius 1 is 1.28 bits per heavy atom. The molecule has 0 saturated heterocycles. The number of aliphatic imine (C=N–C) groups is 1. The predicted octanol–water partition coefficient (Wildman–Crippen LogP) is 2.67. The third-order valence-electron chi connectivity index (χ3n) is 2.18. The molecule has 0 radical (unpaired) electrons. The number of nitrogens with zero attached hydrogens (tertiary/aromatic N) is 2. The number of carbonyl (C=O) groups is 1. The molecule has 0 unspecified atom stereocenters. The second-order valence-corrected chi connectivity index (χ2v) is 3.50. The van der Waals surface area contributed by atoms with E-state index in [4.69, 9.17) is 5.11 Å². The molecule has 0 saturated carbocycles. The van der Waals surface area contributed by atoms with E-state index in [0.717, 1.165) is 0 Å². The van der Waals surface area contributed by atoms with Crippen LogP contribution < -0.4 is 0 Å². The monoisotopic (exact) mass is 244 g/mol. The molecule has 4 nitrogen and oxygen atoms in total. The van der Waals surface area contributed by atoms with Gasteiger partial charge in [-0.25, -0.2) is 9.78 Å². The molecular weight excluding hydrogens is 235 g/mol. The van der Waals surface area contributed by atoms with E-state index in [0.29, 0.717) is 11.4 Å². The van der Waals surface area contributed by atoms with Gasteiger partial charge in [0.25, 0.3) is 0 Å². The van der Waals surface area contributed by atoms with Gasteiger partial charge < -0.3 is 5.11 Å². The van der Waals surface area contributed by atoms with Crippen molar-refractivity contribution in [1.82, 2.24) is 4.98 Å². The minimum atomic E-state index is -1.02. The second kappa shape index (κ2) is 5.18. The summed E-state index contributed by atoms with van der Waals surface area (Å²) in [5, 5.41) is 8.82. The van der Waals surface area contributed by atoms with Crippen LogP contribution in [-0.2, 0) is 0 Å². The van der Waals surface area contributed by atoms with E-state index in [2.05, 4.69) is 9.98 Å². The number of aromatic nitrogens is 1. The molecular formula is C13H9FN2O2. The van der Waals surface area contributed by atoms with Gasteiger partial charge >= 0.3 is 5.97 Å². The van der Waals surface area contributed by atoms with Gasteiger partial charge in [-0.1, -0.05) is 12.1 Å². The highest BCUT2D eigenvalue weighted by Crippen LogP contribution is 2.14. The molecule has 0 aliphatic heterocycles. The Kier molecular flexibility index (Phi) is 3.43. The average Bonchev–Trinajstić information content (AvgIpc) is 2.37. The quantitative estimate of drug-likeness (QED) is 0.666. The van der Waals surface area contributed by atoms with E-state index in [1.54, 1.807) is 18.2 Å². The lowest BCUT2D eigenvalue weighted by Crippen LogP contribution is -1.94. The fourth-order valence-corrected chi connectivity index (χ4v) is 1.36. The minimum absolute atomic E-state index is 0.150. The van der Waals surface area contributed by atoms with Gasteiger partial charge in [-0.2, -0.15) is 4.39 Å². The van der Waals surface area contributed by atoms with Crippen LogP contribution in [0.1, 0.15) is 16.1 Å². The summed E-state index contributed by atoms with van der Waals surface area (Å²) < 4.78 is 12.8. The molecule has 0 fully saturated rings. The topological polar surface area (TPSA) is 62.5 Å². The molecule has 5 heteroatoms. The number of pyridine rings is 1. The van der Waals surface area contributed by atoms with Crippen molar-refractivity contribution in [3.8, 4) is 0 Å². The normalized spacial score (nSPS) is 10.7. The average molecular weight is 244 g/mol. The summed E-state index contributed by atoms with van der Waals surface area (Å²) >= 11 is 0. The molecule has 0 atom stereocenters. The van der Waals surface area contributed by atoms with Crippen LogP contribution in [0.15, 0.2) is 47.5 Å². The number of hydrogen-bond acceptors (Lipinski definition) is 3. The first-order valence-electron chi connectivity index (χ1n) is 5.15. The summed E-state index contributed by atoms with van der Waals surface area (Å²) in [5.41, 5.74) is 0.994. The number of carboxylic acid groups (broad SMARTS) is 1. The lowest BCUT2D eigenvalue weighted by Gasteiger charge is -1.96. The van der Waals surface area contributed by atoms with Crippen molar-refractivity contribution in [3.05, 3.63) is 59.7 Å². The Balaban J connectivity index is 2.23. The third-order valence-corrected chi connectivity index (χ3v) is 2.18. The van der Waals surface area contributed by atoms with E-state index in [-0.39, 0.29) is 5.56 Å². The molecule has 2 aromatic rings. The Bertz CT molecular complexity index is 611. The lowest BCUT2D eigenvalue weighted by atomic mass is 10.2. The van der Waals surface area contributed by atoms with E-state index in [1.807, 2.05) is 0 Å². The summed E-state index contributed by atoms with van der Waals surface area (Å²) in [7, 11) is 0. The van der Waals surface area contributed by atoms with Gasteiger partial charge in [0, 0.05) is 0 Å². The maximum atomic E-state index is 12.8. The minimum Gasteiger partial charge on any atom is -0.478 e. The molecule has 0 bridgehead atoms. The number of carboxylic acids is 1. The zero-order valence-corrected chi connectivity index (χ0v) is 9.25. The van der Waals surface area contributed by atoms with Crippen LogP contribution in [0.5, 0.6) is 0 Å². The van der Waals surface area contributed by atoms with Gasteiger partial charge in [0.05, 0.1) is 23.2 Å². The summed E-state index contributed by atoms with van der Waals surface area (Å²) in [6.45, 7) is 0. The van der Waals surface area contributed by atoms with Crippen molar-refractivity contribution in [2.45, 2.75) is 0 Å². The first-order chi connectivity index (χ1) is 8.65. The fourth-order valence-electron chi connectivity index (χ4n) is 1.36. The summed E-state index contributed by atoms with van der Waals surface area (Å²) in [6, 6.07) is 10.5. The van der Waals surface area contributed by atoms with Crippen LogP contribution in [0.4, 0.5) is 10.1 Å². The van der Waals surface area contributed by atoms with Crippen LogP contribution in [-0.4, -0.2) is 22.3 Å². The van der Waals surface area contributed by atoms with Gasteiger partial charge in [0.15, 0.2) is 0 Å². The van der Waals surface area contributed by atoms with Crippen LogP contribution in [0, 0.1) is 5.95 Å². The molecule has 1 N–H and O–H groups in total. The lowest BCUT2D eigenvalue weighted by molar-refractivity contribution is 0.0697. The van der Waals surface area contributed by atoms with Gasteiger partial charge in [-0.3, -0.25) is 4.99 Å². The Hall–Kier alpha value is -2.56. The van der Waals surface area contributed by atoms with E-state index < -0.39 is 11.9 Å². The molecule has 0 aliphatic carbocycles. The van der Waals surface area contributed by atoms with Crippen LogP contribution in [0.2, 0.25) is 0 Å². The van der Waals surface area contributed by atoms with Crippen molar-refractivity contribution in [3.63, 3.8) is 0 Å². The highest BCUT2D eigenvalue weighted by Gasteiger charge is 2.01. The third kappa shape index (κ3) is 2.98. The fraction of sp³-hybridized carbons (Fsp3) is 0. The van der Waals surface area contributed by atoms with Gasteiger partial charge in [0.1, 0.15) is 0 Å². The van der Waals surface area contributed by atoms with Crippen molar-refractivity contribution < 1.29 is 14.3 Å². The largest absolute Gasteiger partial charge is 0.478 e. The van der Waals surface area contributed by atoms with Crippen LogP contribution in [0.25, 0.3) is 0 Å². The van der Waals surface area contributed by atoms with Crippen molar-refractivity contribution in [2.24, 2.45) is 4.99 Å². The number of rotatable bonds is 3. The summed E-state index contributed by atoms with van der Waals surface area (Å²) in [6.07, 6.45) is 1.38. The Labute approximate surface area is 102 Å². The van der Waals surface area contributed by atoms with Crippen molar-refractivity contribution in [2.75, 3.05) is 0 Å². The van der Waals surface area contributed by atoms with E-state index in [9.17, 15) is 9.18 Å². The standard InChI is InChI=1S/C13H9FN2O2/c14-12-6-2-5-11(16-12)8-15-10-4-1-3-9(7-10)13(17)18/h1-8H,(H,17,18). The Morgan fingerprint density at radius 2 is 2.06 bits per heavy atom. The predicted molar refractivity (Wildman–Crippen MR) is 64.9 cm³/mol. The highest BCUT2D eigenvalue weighted by atomic mass is 19.1. The molecule has 18 heavy (non-hydrogen) atoms. The summed E-state index contributed by atoms with van der Waals surface area (Å²) in [4.78, 5) is 18.4. The second-order valence-electron chi connectivity index (χ2n) is 3.50. The van der Waals surface area contributed by atoms with Gasteiger partial charge in [0.2, 0.25) is 5.95 Å². The maximum absolute atomic E-state index is 12.8. The van der Waals surface area contributed by atoms with Crippen molar-refractivity contribution in [1.29, 1.82) is 0 Å². The smallest absolute Gasteiger partial charge is 0.335 e. The maximum Gasteiger partial charge on any atom is 0.335 e. The summed E-state index contributed by atoms with van der Waals surface area (Å²) in [5.74, 6) is -1.60. The molecule has 0 spiro atoms. The van der Waals surface area contributed by atoms with Crippen LogP contribution in [0.3, 0.4) is 0 Å². The SMILES string of the molecule is O=C(O)c1cccc(N=Cc2cccc(F)n2)c1. The zero-order valence-electron chi connectivity index (χ0n) is 9.25. The molecule has 0 aliphatic rings. The molecule has 0 amide bonds. The Morgan fingerprint density at radius 3 is 2.78 bits per heavy atom. The number of benzene rings is 1. The zero-order chi connectivity index (χ0) is 13.0. The van der Waals surface area contributed by atoms with Gasteiger partial charge in [-0.05, 0) is 30.3 Å². The van der Waals surface area contributed by atoms with Crippen LogP contribution >= 0.6 is 0 Å². The highest BCUT2D eigenvalue weighted by molar-refractivity contribution is 5.89. The van der Waals surface area contributed by atoms with Crippen molar-refractivity contribution >= 4 is 17.9 Å². The first-order valence-corrected chi connectivity index (χ1v) is 5.15. The van der Waals surface area contributed by atoms with E-state index >= 15 is 0 Å². The van der Waals surface area contributed by atoms with E-state index in [1.165, 1.54) is 30.5 Å². The molecule has 1 heterocycles. The first kappa shape index (κ1) is 11.9.